The zero-order chi connectivity index (χ0) is 24.0. The average Bonchev–Trinajstić information content (AvgIpc) is 3.13. The van der Waals surface area contributed by atoms with Crippen LogP contribution >= 0.6 is 0 Å². The lowest BCUT2D eigenvalue weighted by atomic mass is 9.97. The molecule has 6 nitrogen and oxygen atoms in total. The lowest BCUT2D eigenvalue weighted by Gasteiger charge is -2.26. The number of hydrogen-bond acceptors (Lipinski definition) is 5. The number of rotatable bonds is 5. The fourth-order valence-corrected chi connectivity index (χ4v) is 4.50. The standard InChI is InChI=1S/C28H25NO5/c1-5-33-22-13-9-18(15-23(22)32-4)25-24-26(30)20-14-17(3)8-12-21(20)34-27(24)28(31)29(25)19-10-6-16(2)7-11-19/h6-15,25H,5H2,1-4H3. The summed E-state index contributed by atoms with van der Waals surface area (Å²) < 4.78 is 17.3. The Hall–Kier alpha value is -4.06. The van der Waals surface area contributed by atoms with Crippen molar-refractivity contribution in [2.75, 3.05) is 18.6 Å². The maximum Gasteiger partial charge on any atom is 0.295 e. The number of anilines is 1. The van der Waals surface area contributed by atoms with Gasteiger partial charge >= 0.3 is 0 Å². The second kappa shape index (κ2) is 8.37. The van der Waals surface area contributed by atoms with Gasteiger partial charge in [-0.2, -0.15) is 0 Å². The lowest BCUT2D eigenvalue weighted by molar-refractivity contribution is 0.0971. The first-order valence-electron chi connectivity index (χ1n) is 11.2. The first-order valence-corrected chi connectivity index (χ1v) is 11.2. The van der Waals surface area contributed by atoms with Gasteiger partial charge in [0.15, 0.2) is 16.9 Å². The minimum Gasteiger partial charge on any atom is -0.493 e. The summed E-state index contributed by atoms with van der Waals surface area (Å²) in [5.41, 5.74) is 3.94. The van der Waals surface area contributed by atoms with Crippen LogP contribution in [0.3, 0.4) is 0 Å². The van der Waals surface area contributed by atoms with E-state index in [1.807, 2.05) is 63.2 Å². The van der Waals surface area contributed by atoms with Crippen molar-refractivity contribution < 1.29 is 18.7 Å². The van der Waals surface area contributed by atoms with Crippen LogP contribution in [0.5, 0.6) is 11.5 Å². The van der Waals surface area contributed by atoms with Gasteiger partial charge in [0.2, 0.25) is 5.76 Å². The first-order chi connectivity index (χ1) is 16.4. The SMILES string of the molecule is CCOc1ccc(C2c3c(oc4ccc(C)cc4c3=O)C(=O)N2c2ccc(C)cc2)cc1OC. The van der Waals surface area contributed by atoms with E-state index < -0.39 is 6.04 Å². The number of carbonyl (C=O) groups excluding carboxylic acids is 1. The zero-order valence-electron chi connectivity index (χ0n) is 19.5. The molecule has 0 radical (unpaired) electrons. The molecule has 0 fully saturated rings. The molecule has 0 spiro atoms. The molecule has 0 bridgehead atoms. The van der Waals surface area contributed by atoms with E-state index in [9.17, 15) is 9.59 Å². The van der Waals surface area contributed by atoms with E-state index in [0.29, 0.717) is 40.3 Å². The monoisotopic (exact) mass is 455 g/mol. The maximum atomic E-state index is 13.8. The van der Waals surface area contributed by atoms with Crippen molar-refractivity contribution in [2.45, 2.75) is 26.8 Å². The van der Waals surface area contributed by atoms with Gasteiger partial charge in [0.25, 0.3) is 5.91 Å². The third-order valence-electron chi connectivity index (χ3n) is 6.14. The van der Waals surface area contributed by atoms with Gasteiger partial charge < -0.3 is 13.9 Å². The van der Waals surface area contributed by atoms with E-state index >= 15 is 0 Å². The summed E-state index contributed by atoms with van der Waals surface area (Å²) >= 11 is 0. The van der Waals surface area contributed by atoms with Gasteiger partial charge in [0.05, 0.1) is 30.7 Å². The number of methoxy groups -OCH3 is 1. The largest absolute Gasteiger partial charge is 0.493 e. The minimum atomic E-state index is -0.670. The molecule has 1 amide bonds. The van der Waals surface area contributed by atoms with Crippen LogP contribution in [0.15, 0.2) is 69.9 Å². The molecule has 1 unspecified atom stereocenters. The Bertz CT molecular complexity index is 1470. The van der Waals surface area contributed by atoms with Gasteiger partial charge in [-0.05, 0) is 62.7 Å². The van der Waals surface area contributed by atoms with Gasteiger partial charge in [0.1, 0.15) is 5.58 Å². The summed E-state index contributed by atoms with van der Waals surface area (Å²) in [5.74, 6) is 0.850. The Balaban J connectivity index is 1.78. The summed E-state index contributed by atoms with van der Waals surface area (Å²) in [6, 6.07) is 17.9. The highest BCUT2D eigenvalue weighted by molar-refractivity contribution is 6.10. The highest BCUT2D eigenvalue weighted by Gasteiger charge is 2.44. The molecule has 1 aliphatic rings. The Labute approximate surface area is 197 Å². The zero-order valence-corrected chi connectivity index (χ0v) is 19.5. The lowest BCUT2D eigenvalue weighted by Crippen LogP contribution is -2.29. The van der Waals surface area contributed by atoms with Crippen LogP contribution in [0.4, 0.5) is 5.69 Å². The number of aryl methyl sites for hydroxylation is 2. The highest BCUT2D eigenvalue weighted by atomic mass is 16.5. The summed E-state index contributed by atoms with van der Waals surface area (Å²) in [5, 5.41) is 0.459. The number of benzene rings is 3. The molecule has 2 heterocycles. The van der Waals surface area contributed by atoms with Gasteiger partial charge in [0, 0.05) is 5.69 Å². The molecule has 0 saturated heterocycles. The van der Waals surface area contributed by atoms with Crippen molar-refractivity contribution in [2.24, 2.45) is 0 Å². The molecule has 1 aliphatic heterocycles. The van der Waals surface area contributed by atoms with Crippen LogP contribution in [0.1, 0.15) is 45.8 Å². The Kier molecular flexibility index (Phi) is 5.36. The van der Waals surface area contributed by atoms with Crippen molar-refractivity contribution in [1.82, 2.24) is 0 Å². The van der Waals surface area contributed by atoms with Crippen molar-refractivity contribution in [3.8, 4) is 11.5 Å². The van der Waals surface area contributed by atoms with Gasteiger partial charge in [-0.15, -0.1) is 0 Å². The van der Waals surface area contributed by atoms with Gasteiger partial charge in [-0.1, -0.05) is 35.4 Å². The molecule has 3 aromatic carbocycles. The van der Waals surface area contributed by atoms with Crippen LogP contribution in [0.2, 0.25) is 0 Å². The molecular formula is C28H25NO5. The van der Waals surface area contributed by atoms with Crippen molar-refractivity contribution in [3.63, 3.8) is 0 Å². The second-order valence-electron chi connectivity index (χ2n) is 8.43. The van der Waals surface area contributed by atoms with Crippen LogP contribution in [0, 0.1) is 13.8 Å². The predicted molar refractivity (Wildman–Crippen MR) is 131 cm³/mol. The highest BCUT2D eigenvalue weighted by Crippen LogP contribution is 2.43. The molecular weight excluding hydrogens is 430 g/mol. The van der Waals surface area contributed by atoms with Crippen molar-refractivity contribution in [1.29, 1.82) is 0 Å². The Morgan fingerprint density at radius 3 is 2.35 bits per heavy atom. The van der Waals surface area contributed by atoms with Crippen LogP contribution in [-0.4, -0.2) is 19.6 Å². The number of hydrogen-bond donors (Lipinski definition) is 0. The third kappa shape index (κ3) is 3.43. The summed E-state index contributed by atoms with van der Waals surface area (Å²) in [7, 11) is 1.57. The number of ether oxygens (including phenoxy) is 2. The smallest absolute Gasteiger partial charge is 0.295 e. The van der Waals surface area contributed by atoms with E-state index in [-0.39, 0.29) is 17.1 Å². The van der Waals surface area contributed by atoms with Crippen LogP contribution < -0.4 is 19.8 Å². The normalized spacial score (nSPS) is 15.0. The Morgan fingerprint density at radius 1 is 0.912 bits per heavy atom. The summed E-state index contributed by atoms with van der Waals surface area (Å²) in [6.07, 6.45) is 0. The molecule has 172 valence electrons. The van der Waals surface area contributed by atoms with E-state index in [4.69, 9.17) is 13.9 Å². The van der Waals surface area contributed by atoms with Crippen molar-refractivity contribution in [3.05, 3.63) is 98.9 Å². The predicted octanol–water partition coefficient (Wildman–Crippen LogP) is 5.57. The van der Waals surface area contributed by atoms with Crippen LogP contribution in [-0.2, 0) is 0 Å². The third-order valence-corrected chi connectivity index (χ3v) is 6.14. The van der Waals surface area contributed by atoms with E-state index in [1.165, 1.54) is 0 Å². The summed E-state index contributed by atoms with van der Waals surface area (Å²) in [4.78, 5) is 29.1. The fourth-order valence-electron chi connectivity index (χ4n) is 4.50. The molecule has 34 heavy (non-hydrogen) atoms. The quantitative estimate of drug-likeness (QED) is 0.394. The molecule has 6 heteroatoms. The van der Waals surface area contributed by atoms with E-state index in [0.717, 1.165) is 16.7 Å². The number of fused-ring (bicyclic) bond motifs is 2. The molecule has 1 atom stereocenters. The van der Waals surface area contributed by atoms with Crippen molar-refractivity contribution >= 4 is 22.6 Å². The average molecular weight is 456 g/mol. The minimum absolute atomic E-state index is 0.0692. The molecule has 0 aliphatic carbocycles. The fraction of sp³-hybridized carbons (Fsp3) is 0.214. The number of nitrogens with zero attached hydrogens (tertiary/aromatic N) is 1. The van der Waals surface area contributed by atoms with E-state index in [1.54, 1.807) is 30.2 Å². The second-order valence-corrected chi connectivity index (χ2v) is 8.43. The number of amides is 1. The van der Waals surface area contributed by atoms with Gasteiger partial charge in [-0.3, -0.25) is 14.5 Å². The molecule has 4 aromatic rings. The van der Waals surface area contributed by atoms with Gasteiger partial charge in [-0.25, -0.2) is 0 Å². The summed E-state index contributed by atoms with van der Waals surface area (Å²) in [6.45, 7) is 6.30. The number of carbonyl (C=O) groups is 1. The maximum absolute atomic E-state index is 13.8. The Morgan fingerprint density at radius 2 is 1.65 bits per heavy atom. The van der Waals surface area contributed by atoms with Crippen LogP contribution in [0.25, 0.3) is 11.0 Å². The first kappa shape index (κ1) is 21.8. The topological polar surface area (TPSA) is 69.0 Å². The molecule has 5 rings (SSSR count). The molecule has 0 saturated carbocycles. The molecule has 0 N–H and O–H groups in total. The molecule has 1 aromatic heterocycles. The van der Waals surface area contributed by atoms with E-state index in [2.05, 4.69) is 0 Å².